The van der Waals surface area contributed by atoms with Crippen LogP contribution in [0.1, 0.15) is 52.2 Å². The highest BCUT2D eigenvalue weighted by molar-refractivity contribution is 8.76. The van der Waals surface area contributed by atoms with Crippen molar-refractivity contribution in [3.63, 3.8) is 0 Å². The minimum absolute atomic E-state index is 0.0708. The molecule has 4 radical (unpaired) electrons. The largest absolute Gasteiger partial charge is 0.538 e. The van der Waals surface area contributed by atoms with Gasteiger partial charge in [0.1, 0.15) is 5.75 Å². The first kappa shape index (κ1) is 29.0. The Morgan fingerprint density at radius 1 is 0.824 bits per heavy atom. The van der Waals surface area contributed by atoms with Crippen LogP contribution in [0.3, 0.4) is 0 Å². The minimum Gasteiger partial charge on any atom is -0.538 e. The van der Waals surface area contributed by atoms with Crippen molar-refractivity contribution in [1.29, 1.82) is 0 Å². The van der Waals surface area contributed by atoms with Crippen LogP contribution < -0.4 is 4.43 Å². The summed E-state index contributed by atoms with van der Waals surface area (Å²) in [7, 11) is 3.45. The second-order valence-corrected chi connectivity index (χ2v) is 13.5. The van der Waals surface area contributed by atoms with E-state index in [1.54, 1.807) is 39.8 Å². The molecule has 0 aromatic heterocycles. The predicted octanol–water partition coefficient (Wildman–Crippen LogP) is 6.41. The summed E-state index contributed by atoms with van der Waals surface area (Å²) in [5, 5.41) is 29.5. The lowest BCUT2D eigenvalue weighted by molar-refractivity contribution is 0.318. The zero-order chi connectivity index (χ0) is 25.3. The van der Waals surface area contributed by atoms with Gasteiger partial charge in [0.05, 0.1) is 0 Å². The highest BCUT2D eigenvalue weighted by Gasteiger charge is 2.33. The molecule has 5 nitrogen and oxygen atoms in total. The summed E-state index contributed by atoms with van der Waals surface area (Å²) in [6.07, 6.45) is 1.05. The van der Waals surface area contributed by atoms with Crippen LogP contribution in [0.5, 0.6) is 23.0 Å². The first-order valence-corrected chi connectivity index (χ1v) is 16.1. The van der Waals surface area contributed by atoms with E-state index in [1.807, 2.05) is 12.1 Å². The van der Waals surface area contributed by atoms with Crippen molar-refractivity contribution >= 4 is 41.1 Å². The molecule has 186 valence electrons. The van der Waals surface area contributed by atoms with Gasteiger partial charge in [-0.1, -0.05) is 74.8 Å². The molecule has 0 bridgehead atoms. The van der Waals surface area contributed by atoms with E-state index in [9.17, 15) is 20.1 Å². The Labute approximate surface area is 217 Å². The van der Waals surface area contributed by atoms with Gasteiger partial charge in [0.2, 0.25) is 9.76 Å². The third kappa shape index (κ3) is 8.44. The third-order valence-electron chi connectivity index (χ3n) is 6.16. The van der Waals surface area contributed by atoms with Crippen molar-refractivity contribution in [2.45, 2.75) is 63.6 Å². The van der Waals surface area contributed by atoms with Crippen molar-refractivity contribution in [3.8, 4) is 23.0 Å². The van der Waals surface area contributed by atoms with Gasteiger partial charge in [0.25, 0.3) is 0 Å². The number of rotatable bonds is 14. The lowest BCUT2D eigenvalue weighted by Gasteiger charge is -2.34. The van der Waals surface area contributed by atoms with Crippen LogP contribution in [0.25, 0.3) is 0 Å². The SMILES string of the molecule is CCC(C)C([Si]O)C(C)C([Si]Oc1ccc(CSSCc2ccc(O)c(O)c2)cc1O)C(C)C. The summed E-state index contributed by atoms with van der Waals surface area (Å²) in [5.41, 5.74) is 2.52. The summed E-state index contributed by atoms with van der Waals surface area (Å²) in [6.45, 7) is 11.0. The van der Waals surface area contributed by atoms with E-state index >= 15 is 0 Å². The van der Waals surface area contributed by atoms with Gasteiger partial charge in [-0.05, 0) is 64.2 Å². The quantitative estimate of drug-likeness (QED) is 0.0960. The fourth-order valence-corrected chi connectivity index (χ4v) is 8.21. The fourth-order valence-electron chi connectivity index (χ4n) is 3.84. The van der Waals surface area contributed by atoms with Crippen molar-refractivity contribution in [2.24, 2.45) is 17.8 Å². The lowest BCUT2D eigenvalue weighted by Crippen LogP contribution is -2.30. The molecule has 2 aromatic rings. The van der Waals surface area contributed by atoms with Gasteiger partial charge in [-0.2, -0.15) is 0 Å². The molecule has 0 heterocycles. The number of hydrogen-bond acceptors (Lipinski definition) is 7. The van der Waals surface area contributed by atoms with Gasteiger partial charge in [0, 0.05) is 11.5 Å². The Balaban J connectivity index is 1.90. The van der Waals surface area contributed by atoms with Crippen molar-refractivity contribution < 1.29 is 24.5 Å². The maximum Gasteiger partial charge on any atom is 0.314 e. The van der Waals surface area contributed by atoms with Crippen LogP contribution in [0, 0.1) is 17.8 Å². The molecule has 0 aliphatic rings. The predicted molar refractivity (Wildman–Crippen MR) is 146 cm³/mol. The van der Waals surface area contributed by atoms with E-state index in [0.29, 0.717) is 34.8 Å². The first-order chi connectivity index (χ1) is 16.2. The molecule has 0 amide bonds. The molecule has 4 atom stereocenters. The number of benzene rings is 2. The van der Waals surface area contributed by atoms with Crippen molar-refractivity contribution in [2.75, 3.05) is 0 Å². The zero-order valence-electron chi connectivity index (χ0n) is 20.5. The van der Waals surface area contributed by atoms with Gasteiger partial charge in [-0.15, -0.1) is 0 Å². The number of phenols is 3. The number of hydrogen-bond donors (Lipinski definition) is 4. The normalized spacial score (nSPS) is 15.1. The van der Waals surface area contributed by atoms with Gasteiger partial charge in [0.15, 0.2) is 17.2 Å². The Morgan fingerprint density at radius 3 is 1.91 bits per heavy atom. The van der Waals surface area contributed by atoms with E-state index in [-0.39, 0.29) is 42.3 Å². The molecule has 0 saturated heterocycles. The molecule has 34 heavy (non-hydrogen) atoms. The average Bonchev–Trinajstić information content (AvgIpc) is 2.80. The van der Waals surface area contributed by atoms with Crippen LogP contribution in [0.2, 0.25) is 11.1 Å². The van der Waals surface area contributed by atoms with Crippen molar-refractivity contribution in [3.05, 3.63) is 47.5 Å². The number of phenolic OH excluding ortho intramolecular Hbond substituents is 3. The third-order valence-corrected chi connectivity index (χ3v) is 11.6. The molecule has 0 saturated carbocycles. The molecule has 0 spiro atoms. The summed E-state index contributed by atoms with van der Waals surface area (Å²) >= 11 is 0. The van der Waals surface area contributed by atoms with Crippen LogP contribution in [0.4, 0.5) is 0 Å². The van der Waals surface area contributed by atoms with E-state index in [0.717, 1.165) is 23.3 Å². The van der Waals surface area contributed by atoms with E-state index < -0.39 is 0 Å². The molecule has 2 rings (SSSR count). The monoisotopic (exact) mass is 536 g/mol. The Bertz CT molecular complexity index is 900. The Kier molecular flexibility index (Phi) is 12.2. The maximum atomic E-state index is 10.5. The second kappa shape index (κ2) is 14.3. The Hall–Kier alpha value is -1.27. The molecule has 4 unspecified atom stereocenters. The van der Waals surface area contributed by atoms with Gasteiger partial charge in [-0.3, -0.25) is 0 Å². The number of aromatic hydroxyl groups is 3. The molecule has 0 aliphatic carbocycles. The Morgan fingerprint density at radius 2 is 1.41 bits per heavy atom. The van der Waals surface area contributed by atoms with E-state index in [2.05, 4.69) is 34.6 Å². The average molecular weight is 537 g/mol. The highest BCUT2D eigenvalue weighted by Crippen LogP contribution is 2.40. The summed E-state index contributed by atoms with van der Waals surface area (Å²) in [4.78, 5) is 9.99. The standard InChI is InChI=1S/C25H36O5S2Si2/c1-6-16(4)25(33-29)17(5)24(15(2)3)34-30-23-10-8-19(12-22(23)28)14-32-31-13-18-7-9-20(26)21(27)11-18/h7-12,15-17,24-29H,6,13-14H2,1-5H3. The van der Waals surface area contributed by atoms with Crippen LogP contribution >= 0.6 is 21.6 Å². The molecular weight excluding hydrogens is 501 g/mol. The highest BCUT2D eigenvalue weighted by atomic mass is 33.1. The van der Waals surface area contributed by atoms with Gasteiger partial charge < -0.3 is 24.5 Å². The smallest absolute Gasteiger partial charge is 0.314 e. The van der Waals surface area contributed by atoms with Crippen molar-refractivity contribution in [1.82, 2.24) is 0 Å². The topological polar surface area (TPSA) is 90.2 Å². The molecule has 0 aliphatic heterocycles. The van der Waals surface area contributed by atoms with E-state index in [4.69, 9.17) is 4.43 Å². The second-order valence-electron chi connectivity index (χ2n) is 9.04. The maximum absolute atomic E-state index is 10.5. The van der Waals surface area contributed by atoms with Crippen LogP contribution in [0.15, 0.2) is 36.4 Å². The molecule has 2 aromatic carbocycles. The molecule has 4 N–H and O–H groups in total. The molecule has 0 fully saturated rings. The van der Waals surface area contributed by atoms with Gasteiger partial charge >= 0.3 is 9.76 Å². The zero-order valence-corrected chi connectivity index (χ0v) is 24.1. The minimum atomic E-state index is -0.113. The first-order valence-electron chi connectivity index (χ1n) is 11.6. The molecular formula is C25H36O5S2Si2. The van der Waals surface area contributed by atoms with Gasteiger partial charge in [-0.25, -0.2) is 0 Å². The lowest BCUT2D eigenvalue weighted by atomic mass is 9.87. The summed E-state index contributed by atoms with van der Waals surface area (Å²) in [6, 6.07) is 10.4. The van der Waals surface area contributed by atoms with E-state index in [1.165, 1.54) is 6.07 Å². The molecule has 9 heteroatoms. The van der Waals surface area contributed by atoms with Crippen LogP contribution in [-0.2, 0) is 11.5 Å². The summed E-state index contributed by atoms with van der Waals surface area (Å²) < 4.78 is 6.09. The summed E-state index contributed by atoms with van der Waals surface area (Å²) in [5.74, 6) is 3.08. The fraction of sp³-hybridized carbons (Fsp3) is 0.520. The van der Waals surface area contributed by atoms with Crippen LogP contribution in [-0.4, -0.2) is 39.6 Å².